The quantitative estimate of drug-likeness (QED) is 0.721. The zero-order chi connectivity index (χ0) is 10.8. The van der Waals surface area contributed by atoms with Crippen LogP contribution in [0.25, 0.3) is 0 Å². The SMILES string of the molecule is CC(=O)CSc1nnc(C(C)(C)C)o1. The summed E-state index contributed by atoms with van der Waals surface area (Å²) >= 11 is 1.28. The van der Waals surface area contributed by atoms with E-state index in [1.54, 1.807) is 0 Å². The average molecular weight is 214 g/mol. The van der Waals surface area contributed by atoms with Crippen LogP contribution in [0.5, 0.6) is 0 Å². The number of carbonyl (C=O) groups excluding carboxylic acids is 1. The molecule has 1 heterocycles. The molecule has 1 aromatic rings. The molecule has 14 heavy (non-hydrogen) atoms. The lowest BCUT2D eigenvalue weighted by Gasteiger charge is -2.10. The highest BCUT2D eigenvalue weighted by molar-refractivity contribution is 7.99. The van der Waals surface area contributed by atoms with Crippen LogP contribution in [-0.2, 0) is 10.2 Å². The Hall–Kier alpha value is -0.840. The number of Topliss-reactive ketones (excluding diaryl/α,β-unsaturated/α-hetero) is 1. The van der Waals surface area contributed by atoms with E-state index in [0.29, 0.717) is 16.9 Å². The Morgan fingerprint density at radius 1 is 1.43 bits per heavy atom. The van der Waals surface area contributed by atoms with Gasteiger partial charge in [-0.2, -0.15) is 0 Å². The molecule has 0 spiro atoms. The van der Waals surface area contributed by atoms with Crippen LogP contribution in [0.2, 0.25) is 0 Å². The van der Waals surface area contributed by atoms with E-state index in [4.69, 9.17) is 4.42 Å². The Kier molecular flexibility index (Phi) is 3.31. The molecule has 5 heteroatoms. The Morgan fingerprint density at radius 3 is 2.50 bits per heavy atom. The summed E-state index contributed by atoms with van der Waals surface area (Å²) in [7, 11) is 0. The predicted molar refractivity (Wildman–Crippen MR) is 54.4 cm³/mol. The molecule has 0 aromatic carbocycles. The second-order valence-corrected chi connectivity index (χ2v) is 5.04. The van der Waals surface area contributed by atoms with Gasteiger partial charge >= 0.3 is 0 Å². The Morgan fingerprint density at radius 2 is 2.07 bits per heavy atom. The number of hydrogen-bond acceptors (Lipinski definition) is 5. The average Bonchev–Trinajstić information content (AvgIpc) is 2.47. The van der Waals surface area contributed by atoms with Gasteiger partial charge in [0.15, 0.2) is 0 Å². The van der Waals surface area contributed by atoms with Gasteiger partial charge in [0.1, 0.15) is 5.78 Å². The molecule has 0 saturated carbocycles. The number of aromatic nitrogens is 2. The minimum absolute atomic E-state index is 0.102. The largest absolute Gasteiger partial charge is 0.415 e. The van der Waals surface area contributed by atoms with E-state index in [9.17, 15) is 4.79 Å². The highest BCUT2D eigenvalue weighted by atomic mass is 32.2. The number of hydrogen-bond donors (Lipinski definition) is 0. The third-order valence-corrected chi connectivity index (χ3v) is 2.41. The third-order valence-electron chi connectivity index (χ3n) is 1.45. The minimum Gasteiger partial charge on any atom is -0.415 e. The van der Waals surface area contributed by atoms with E-state index in [1.165, 1.54) is 18.7 Å². The first-order valence-corrected chi connectivity index (χ1v) is 5.34. The van der Waals surface area contributed by atoms with Crippen LogP contribution in [-0.4, -0.2) is 21.7 Å². The molecule has 0 aliphatic carbocycles. The van der Waals surface area contributed by atoms with Gasteiger partial charge in [-0.15, -0.1) is 10.2 Å². The summed E-state index contributed by atoms with van der Waals surface area (Å²) < 4.78 is 5.39. The van der Waals surface area contributed by atoms with Crippen LogP contribution in [0.1, 0.15) is 33.6 Å². The number of carbonyl (C=O) groups is 1. The van der Waals surface area contributed by atoms with Crippen molar-refractivity contribution >= 4 is 17.5 Å². The molecule has 0 N–H and O–H groups in total. The summed E-state index contributed by atoms with van der Waals surface area (Å²) in [5.74, 6) is 1.08. The molecule has 0 aliphatic rings. The van der Waals surface area contributed by atoms with Crippen molar-refractivity contribution in [2.75, 3.05) is 5.75 Å². The number of nitrogens with zero attached hydrogens (tertiary/aromatic N) is 2. The fourth-order valence-corrected chi connectivity index (χ4v) is 1.30. The van der Waals surface area contributed by atoms with Crippen molar-refractivity contribution in [3.63, 3.8) is 0 Å². The highest BCUT2D eigenvalue weighted by Crippen LogP contribution is 2.24. The van der Waals surface area contributed by atoms with Gasteiger partial charge in [0.25, 0.3) is 5.22 Å². The summed E-state index contributed by atoms with van der Waals surface area (Å²) in [6.07, 6.45) is 0. The monoisotopic (exact) mass is 214 g/mol. The topological polar surface area (TPSA) is 56.0 Å². The van der Waals surface area contributed by atoms with E-state index in [-0.39, 0.29) is 11.2 Å². The first-order valence-electron chi connectivity index (χ1n) is 4.36. The molecule has 1 aromatic heterocycles. The summed E-state index contributed by atoms with van der Waals surface area (Å²) in [5, 5.41) is 8.23. The van der Waals surface area contributed by atoms with Crippen molar-refractivity contribution in [2.45, 2.75) is 38.3 Å². The van der Waals surface area contributed by atoms with Crippen LogP contribution in [0.4, 0.5) is 0 Å². The fourth-order valence-electron chi connectivity index (χ4n) is 0.735. The number of ketones is 1. The zero-order valence-electron chi connectivity index (χ0n) is 8.83. The number of rotatable bonds is 3. The van der Waals surface area contributed by atoms with Gasteiger partial charge in [-0.1, -0.05) is 32.5 Å². The van der Waals surface area contributed by atoms with Crippen LogP contribution >= 0.6 is 11.8 Å². The molecular weight excluding hydrogens is 200 g/mol. The van der Waals surface area contributed by atoms with Crippen molar-refractivity contribution < 1.29 is 9.21 Å². The predicted octanol–water partition coefficient (Wildman–Crippen LogP) is 2.05. The van der Waals surface area contributed by atoms with Gasteiger partial charge in [-0.05, 0) is 6.92 Å². The lowest BCUT2D eigenvalue weighted by molar-refractivity contribution is -0.114. The van der Waals surface area contributed by atoms with Crippen LogP contribution < -0.4 is 0 Å². The van der Waals surface area contributed by atoms with E-state index in [0.717, 1.165) is 0 Å². The van der Waals surface area contributed by atoms with Gasteiger partial charge < -0.3 is 4.42 Å². The van der Waals surface area contributed by atoms with E-state index in [1.807, 2.05) is 20.8 Å². The molecular formula is C9H14N2O2S. The van der Waals surface area contributed by atoms with Crippen LogP contribution in [0.3, 0.4) is 0 Å². The van der Waals surface area contributed by atoms with E-state index < -0.39 is 0 Å². The highest BCUT2D eigenvalue weighted by Gasteiger charge is 2.21. The molecule has 4 nitrogen and oxygen atoms in total. The van der Waals surface area contributed by atoms with E-state index >= 15 is 0 Å². The van der Waals surface area contributed by atoms with Crippen molar-refractivity contribution in [3.05, 3.63) is 5.89 Å². The summed E-state index contributed by atoms with van der Waals surface area (Å²) in [6.45, 7) is 7.54. The molecule has 0 radical (unpaired) electrons. The van der Waals surface area contributed by atoms with E-state index in [2.05, 4.69) is 10.2 Å². The van der Waals surface area contributed by atoms with Crippen LogP contribution in [0, 0.1) is 0 Å². The normalized spacial score (nSPS) is 11.7. The van der Waals surface area contributed by atoms with Gasteiger partial charge in [0.05, 0.1) is 5.75 Å². The van der Waals surface area contributed by atoms with Crippen molar-refractivity contribution in [1.82, 2.24) is 10.2 Å². The first kappa shape index (κ1) is 11.2. The van der Waals surface area contributed by atoms with Crippen molar-refractivity contribution in [1.29, 1.82) is 0 Å². The van der Waals surface area contributed by atoms with Gasteiger partial charge in [-0.3, -0.25) is 4.79 Å². The maximum atomic E-state index is 10.7. The zero-order valence-corrected chi connectivity index (χ0v) is 9.64. The fraction of sp³-hybridized carbons (Fsp3) is 0.667. The molecule has 1 rings (SSSR count). The molecule has 78 valence electrons. The smallest absolute Gasteiger partial charge is 0.277 e. The van der Waals surface area contributed by atoms with Crippen LogP contribution in [0.15, 0.2) is 9.64 Å². The second kappa shape index (κ2) is 4.13. The summed E-state index contributed by atoms with van der Waals surface area (Å²) in [5.41, 5.74) is -0.137. The van der Waals surface area contributed by atoms with Gasteiger partial charge in [0, 0.05) is 5.41 Å². The molecule has 0 atom stereocenters. The summed E-state index contributed by atoms with van der Waals surface area (Å²) in [4.78, 5) is 10.7. The summed E-state index contributed by atoms with van der Waals surface area (Å²) in [6, 6.07) is 0. The standard InChI is InChI=1S/C9H14N2O2S/c1-6(12)5-14-8-11-10-7(13-8)9(2,3)4/h5H2,1-4H3. The third kappa shape index (κ3) is 3.14. The minimum atomic E-state index is -0.137. The van der Waals surface area contributed by atoms with Gasteiger partial charge in [0.2, 0.25) is 5.89 Å². The number of thioether (sulfide) groups is 1. The molecule has 0 bridgehead atoms. The molecule has 0 amide bonds. The maximum absolute atomic E-state index is 10.7. The van der Waals surface area contributed by atoms with Crippen molar-refractivity contribution in [3.8, 4) is 0 Å². The molecule has 0 saturated heterocycles. The molecule has 0 fully saturated rings. The maximum Gasteiger partial charge on any atom is 0.277 e. The van der Waals surface area contributed by atoms with Gasteiger partial charge in [-0.25, -0.2) is 0 Å². The molecule has 0 unspecified atom stereocenters. The second-order valence-electron chi connectivity index (χ2n) is 4.11. The first-order chi connectivity index (χ1) is 6.39. The lowest BCUT2D eigenvalue weighted by Crippen LogP contribution is -2.11. The lowest BCUT2D eigenvalue weighted by atomic mass is 9.97. The Labute approximate surface area is 87.5 Å². The van der Waals surface area contributed by atoms with Crippen molar-refractivity contribution in [2.24, 2.45) is 0 Å². The Bertz CT molecular complexity index is 328. The Balaban J connectivity index is 2.64. The molecule has 0 aliphatic heterocycles.